The van der Waals surface area contributed by atoms with E-state index in [2.05, 4.69) is 164 Å². The lowest BCUT2D eigenvalue weighted by Crippen LogP contribution is -2.45. The van der Waals surface area contributed by atoms with Gasteiger partial charge in [-0.05, 0) is 74.5 Å². The Bertz CT molecular complexity index is 2380. The number of hydrogen-bond acceptors (Lipinski definition) is 3. The molecule has 0 spiro atoms. The number of aromatic nitrogens is 3. The van der Waals surface area contributed by atoms with Crippen molar-refractivity contribution >= 4 is 34.8 Å². The zero-order valence-electron chi connectivity index (χ0n) is 29.5. The van der Waals surface area contributed by atoms with E-state index in [0.29, 0.717) is 0 Å². The molecular formula is C47H41N3Si. The first-order chi connectivity index (χ1) is 25.1. The van der Waals surface area contributed by atoms with Crippen LogP contribution >= 0.6 is 0 Å². The van der Waals surface area contributed by atoms with E-state index in [9.17, 15) is 0 Å². The molecule has 51 heavy (non-hydrogen) atoms. The molecule has 3 heterocycles. The van der Waals surface area contributed by atoms with Gasteiger partial charge in [-0.1, -0.05) is 147 Å². The van der Waals surface area contributed by atoms with E-state index in [-0.39, 0.29) is 0 Å². The predicted molar refractivity (Wildman–Crippen MR) is 219 cm³/mol. The molecule has 248 valence electrons. The molecule has 8 aromatic rings. The first kappa shape index (κ1) is 32.5. The topological polar surface area (TPSA) is 38.7 Å². The van der Waals surface area contributed by atoms with Crippen LogP contribution in [0, 0.1) is 0 Å². The zero-order valence-corrected chi connectivity index (χ0v) is 30.5. The van der Waals surface area contributed by atoms with E-state index in [1.165, 1.54) is 40.4 Å². The first-order valence-corrected chi connectivity index (χ1v) is 20.7. The third-order valence-corrected chi connectivity index (χ3v) is 16.6. The van der Waals surface area contributed by atoms with Gasteiger partial charge >= 0.3 is 0 Å². The molecule has 0 fully saturated rings. The summed E-state index contributed by atoms with van der Waals surface area (Å²) in [4.78, 5) is 14.3. The normalized spacial score (nSPS) is 11.7. The minimum atomic E-state index is -1.41. The van der Waals surface area contributed by atoms with Gasteiger partial charge in [0, 0.05) is 46.7 Å². The van der Waals surface area contributed by atoms with E-state index >= 15 is 0 Å². The Hall–Kier alpha value is -5.71. The fraction of sp³-hybridized carbons (Fsp3) is 0.128. The molecule has 4 heteroatoms. The second-order valence-corrected chi connectivity index (χ2v) is 18.8. The number of benzene rings is 5. The minimum Gasteiger partial charge on any atom is -0.264 e. The van der Waals surface area contributed by atoms with Crippen LogP contribution in [0.2, 0.25) is 18.1 Å². The van der Waals surface area contributed by atoms with Crippen molar-refractivity contribution in [3.8, 4) is 55.9 Å². The van der Waals surface area contributed by atoms with Crippen LogP contribution < -0.4 is 5.19 Å². The van der Waals surface area contributed by atoms with Gasteiger partial charge in [-0.2, -0.15) is 0 Å². The number of pyridine rings is 3. The van der Waals surface area contributed by atoms with Crippen LogP contribution in [0.5, 0.6) is 0 Å². The van der Waals surface area contributed by atoms with Gasteiger partial charge in [0.2, 0.25) is 0 Å². The Morgan fingerprint density at radius 3 is 1.67 bits per heavy atom. The second kappa shape index (κ2) is 13.9. The molecule has 5 aromatic carbocycles. The average Bonchev–Trinajstić information content (AvgIpc) is 3.21. The van der Waals surface area contributed by atoms with Crippen LogP contribution in [0.1, 0.15) is 20.8 Å². The maximum Gasteiger partial charge on any atom is 0.0859 e. The molecule has 8 rings (SSSR count). The van der Waals surface area contributed by atoms with Crippen molar-refractivity contribution in [2.24, 2.45) is 0 Å². The first-order valence-electron chi connectivity index (χ1n) is 18.1. The lowest BCUT2D eigenvalue weighted by molar-refractivity contribution is 1.19. The SMILES string of the molecule is CC[Si](CC)(CC)c1ccc(-c2cccc(-c3cccc(-c4cc(-c5cccc6cnccc56)nc(-c5cncc6ccccc56)c4)c3)c2)cc1. The number of hydrogen-bond donors (Lipinski definition) is 0. The van der Waals surface area contributed by atoms with Crippen molar-refractivity contribution in [2.45, 2.75) is 38.9 Å². The van der Waals surface area contributed by atoms with Crippen LogP contribution in [0.15, 0.2) is 158 Å². The summed E-state index contributed by atoms with van der Waals surface area (Å²) in [6, 6.07) is 52.5. The molecule has 0 unspecified atom stereocenters. The Morgan fingerprint density at radius 1 is 0.431 bits per heavy atom. The van der Waals surface area contributed by atoms with E-state index in [1.807, 2.05) is 24.8 Å². The Morgan fingerprint density at radius 2 is 0.980 bits per heavy atom. The Labute approximate surface area is 301 Å². The molecule has 0 aliphatic heterocycles. The van der Waals surface area contributed by atoms with Gasteiger partial charge in [-0.15, -0.1) is 0 Å². The largest absolute Gasteiger partial charge is 0.264 e. The van der Waals surface area contributed by atoms with Crippen LogP contribution in [0.25, 0.3) is 77.4 Å². The van der Waals surface area contributed by atoms with Gasteiger partial charge in [-0.25, -0.2) is 4.98 Å². The second-order valence-electron chi connectivity index (χ2n) is 13.5. The van der Waals surface area contributed by atoms with Crippen molar-refractivity contribution in [1.82, 2.24) is 15.0 Å². The predicted octanol–water partition coefficient (Wildman–Crippen LogP) is 12.2. The molecule has 0 aliphatic rings. The molecule has 0 N–H and O–H groups in total. The summed E-state index contributed by atoms with van der Waals surface area (Å²) in [5.74, 6) is 0. The molecule has 0 bridgehead atoms. The number of nitrogens with zero attached hydrogens (tertiary/aromatic N) is 3. The van der Waals surface area contributed by atoms with Gasteiger partial charge in [0.1, 0.15) is 0 Å². The van der Waals surface area contributed by atoms with Gasteiger partial charge in [0.25, 0.3) is 0 Å². The lowest BCUT2D eigenvalue weighted by Gasteiger charge is -2.28. The minimum absolute atomic E-state index is 0.898. The molecule has 0 aliphatic carbocycles. The van der Waals surface area contributed by atoms with E-state index in [4.69, 9.17) is 4.98 Å². The van der Waals surface area contributed by atoms with Crippen molar-refractivity contribution < 1.29 is 0 Å². The summed E-state index contributed by atoms with van der Waals surface area (Å²) in [5.41, 5.74) is 11.1. The molecule has 3 nitrogen and oxygen atoms in total. The van der Waals surface area contributed by atoms with Crippen molar-refractivity contribution in [2.75, 3.05) is 0 Å². The Kier molecular flexibility index (Phi) is 8.85. The summed E-state index contributed by atoms with van der Waals surface area (Å²) in [7, 11) is -1.41. The maximum absolute atomic E-state index is 5.30. The average molecular weight is 676 g/mol. The highest BCUT2D eigenvalue weighted by Gasteiger charge is 2.28. The highest BCUT2D eigenvalue weighted by molar-refractivity contribution is 6.91. The van der Waals surface area contributed by atoms with Crippen LogP contribution in [0.3, 0.4) is 0 Å². The van der Waals surface area contributed by atoms with Crippen molar-refractivity contribution in [1.29, 1.82) is 0 Å². The third kappa shape index (κ3) is 6.17. The molecule has 0 amide bonds. The molecular weight excluding hydrogens is 635 g/mol. The van der Waals surface area contributed by atoms with Gasteiger partial charge in [-0.3, -0.25) is 9.97 Å². The van der Waals surface area contributed by atoms with Crippen LogP contribution in [-0.4, -0.2) is 23.0 Å². The number of rotatable bonds is 9. The van der Waals surface area contributed by atoms with Crippen LogP contribution in [0.4, 0.5) is 0 Å². The molecule has 0 atom stereocenters. The smallest absolute Gasteiger partial charge is 0.0859 e. The summed E-state index contributed by atoms with van der Waals surface area (Å²) in [6.45, 7) is 7.13. The van der Waals surface area contributed by atoms with E-state index in [0.717, 1.165) is 55.2 Å². The fourth-order valence-electron chi connectivity index (χ4n) is 7.77. The Balaban J connectivity index is 1.22. The fourth-order valence-corrected chi connectivity index (χ4v) is 11.4. The number of fused-ring (bicyclic) bond motifs is 2. The molecule has 0 saturated carbocycles. The summed E-state index contributed by atoms with van der Waals surface area (Å²) in [6.07, 6.45) is 7.63. The van der Waals surface area contributed by atoms with Gasteiger partial charge in [0.05, 0.1) is 19.5 Å². The molecule has 0 radical (unpaired) electrons. The highest BCUT2D eigenvalue weighted by atomic mass is 28.3. The summed E-state index contributed by atoms with van der Waals surface area (Å²) < 4.78 is 0. The molecule has 3 aromatic heterocycles. The highest BCUT2D eigenvalue weighted by Crippen LogP contribution is 2.37. The summed E-state index contributed by atoms with van der Waals surface area (Å²) >= 11 is 0. The van der Waals surface area contributed by atoms with Crippen molar-refractivity contribution in [3.05, 3.63) is 158 Å². The monoisotopic (exact) mass is 675 g/mol. The third-order valence-electron chi connectivity index (χ3n) is 11.0. The summed E-state index contributed by atoms with van der Waals surface area (Å²) in [5, 5.41) is 6.03. The van der Waals surface area contributed by atoms with E-state index in [1.54, 1.807) is 5.19 Å². The standard InChI is InChI=1S/C47H41N3Si/c1-4-51(5-2,6-3)41-22-20-33(21-23-41)34-13-9-14-35(26-34)36-15-10-16-37(27-36)40-28-46(44-19-11-17-39-30-48-25-24-43(39)44)50-47(29-40)45-32-49-31-38-12-7-8-18-42(38)45/h7-32H,4-6H2,1-3H3. The quantitative estimate of drug-likeness (QED) is 0.143. The van der Waals surface area contributed by atoms with Gasteiger partial charge < -0.3 is 0 Å². The van der Waals surface area contributed by atoms with Gasteiger partial charge in [0.15, 0.2) is 0 Å². The van der Waals surface area contributed by atoms with E-state index < -0.39 is 8.07 Å². The lowest BCUT2D eigenvalue weighted by atomic mass is 9.94. The van der Waals surface area contributed by atoms with Crippen LogP contribution in [-0.2, 0) is 0 Å². The zero-order chi connectivity index (χ0) is 34.8. The molecule has 0 saturated heterocycles. The maximum atomic E-state index is 5.30. The van der Waals surface area contributed by atoms with Crippen molar-refractivity contribution in [3.63, 3.8) is 0 Å².